The van der Waals surface area contributed by atoms with Crippen LogP contribution in [0.3, 0.4) is 0 Å². The van der Waals surface area contributed by atoms with Crippen LogP contribution in [-0.4, -0.2) is 36.1 Å². The molecule has 2 N–H and O–H groups in total. The number of hydrogen-bond donors (Lipinski definition) is 2. The molecule has 0 atom stereocenters. The summed E-state index contributed by atoms with van der Waals surface area (Å²) in [4.78, 5) is 8.45. The summed E-state index contributed by atoms with van der Waals surface area (Å²) in [6.07, 6.45) is 0. The van der Waals surface area contributed by atoms with Crippen molar-refractivity contribution in [3.05, 3.63) is 0 Å². The average molecular weight is 222 g/mol. The molecule has 2 aliphatic heterocycles. The highest BCUT2D eigenvalue weighted by atomic mass is 15.3. The number of rotatable bonds is 4. The van der Waals surface area contributed by atoms with Crippen LogP contribution in [0, 0.1) is 0 Å². The summed E-state index contributed by atoms with van der Waals surface area (Å²) in [5.41, 5.74) is -0.750. The lowest BCUT2D eigenvalue weighted by atomic mass is 10.0. The minimum Gasteiger partial charge on any atom is -0.353 e. The van der Waals surface area contributed by atoms with Crippen LogP contribution in [0.5, 0.6) is 0 Å². The maximum Gasteiger partial charge on any atom is 0.133 e. The van der Waals surface area contributed by atoms with Crippen LogP contribution in [0.2, 0.25) is 0 Å². The summed E-state index contributed by atoms with van der Waals surface area (Å²) < 4.78 is 0. The molecule has 0 bridgehead atoms. The van der Waals surface area contributed by atoms with E-state index in [1.807, 2.05) is 27.7 Å². The predicted molar refractivity (Wildman–Crippen MR) is 63.9 cm³/mol. The van der Waals surface area contributed by atoms with Crippen molar-refractivity contribution in [1.82, 2.24) is 10.6 Å². The Morgan fingerprint density at radius 2 is 1.19 bits per heavy atom. The second-order valence-electron chi connectivity index (χ2n) is 5.00. The molecule has 0 radical (unpaired) electrons. The van der Waals surface area contributed by atoms with E-state index in [-0.39, 0.29) is 11.1 Å². The summed E-state index contributed by atoms with van der Waals surface area (Å²) in [7, 11) is 0. The van der Waals surface area contributed by atoms with Gasteiger partial charge in [-0.15, -0.1) is 0 Å². The van der Waals surface area contributed by atoms with Gasteiger partial charge in [0, 0.05) is 0 Å². The zero-order valence-corrected chi connectivity index (χ0v) is 10.2. The quantitative estimate of drug-likeness (QED) is 0.694. The van der Waals surface area contributed by atoms with Gasteiger partial charge < -0.3 is 10.6 Å². The highest BCUT2D eigenvalue weighted by Crippen LogP contribution is 2.20. The molecule has 0 saturated carbocycles. The Kier molecular flexibility index (Phi) is 2.44. The molecule has 2 aliphatic rings. The van der Waals surface area contributed by atoms with Crippen molar-refractivity contribution in [2.45, 2.75) is 38.8 Å². The highest BCUT2D eigenvalue weighted by molar-refractivity contribution is 5.95. The van der Waals surface area contributed by atoms with Gasteiger partial charge in [0.2, 0.25) is 0 Å². The summed E-state index contributed by atoms with van der Waals surface area (Å²) in [6.45, 7) is 9.35. The average Bonchev–Trinajstić information content (AvgIpc) is 1.92. The molecule has 0 aliphatic carbocycles. The predicted octanol–water partition coefficient (Wildman–Crippen LogP) is 0.914. The highest BCUT2D eigenvalue weighted by Gasteiger charge is 2.32. The number of hydrogen-bond acceptors (Lipinski definition) is 6. The van der Waals surface area contributed by atoms with Crippen molar-refractivity contribution in [3.8, 4) is 0 Å². The Morgan fingerprint density at radius 1 is 0.875 bits per heavy atom. The van der Waals surface area contributed by atoms with Crippen molar-refractivity contribution in [2.75, 3.05) is 13.3 Å². The fourth-order valence-corrected chi connectivity index (χ4v) is 1.48. The van der Waals surface area contributed by atoms with Crippen molar-refractivity contribution in [3.63, 3.8) is 0 Å². The number of nitrogens with one attached hydrogen (secondary N) is 2. The van der Waals surface area contributed by atoms with Crippen LogP contribution in [0.15, 0.2) is 20.2 Å². The standard InChI is InChI=1S/C10H18N6/c1-9(2,7-11-5-12-7)15-16-10(3,4)8-13-6-14-8/h5-6H2,1-4H3,(H,11,12)(H,13,14). The molecule has 0 spiro atoms. The van der Waals surface area contributed by atoms with Crippen LogP contribution in [0.1, 0.15) is 27.7 Å². The molecule has 88 valence electrons. The molecular weight excluding hydrogens is 204 g/mol. The first-order chi connectivity index (χ1) is 7.42. The van der Waals surface area contributed by atoms with Crippen LogP contribution in [0.4, 0.5) is 0 Å². The number of aliphatic imine (C=N–C) groups is 2. The van der Waals surface area contributed by atoms with Crippen LogP contribution >= 0.6 is 0 Å². The van der Waals surface area contributed by atoms with Crippen molar-refractivity contribution in [2.24, 2.45) is 20.2 Å². The van der Waals surface area contributed by atoms with Gasteiger partial charge in [0.25, 0.3) is 0 Å². The van der Waals surface area contributed by atoms with Crippen molar-refractivity contribution in [1.29, 1.82) is 0 Å². The Bertz CT molecular complexity index is 341. The molecule has 0 unspecified atom stereocenters. The topological polar surface area (TPSA) is 73.5 Å². The SMILES string of the molecule is CC(C)(N=NC(C)(C)C1=NCN1)C1=NCN1. The van der Waals surface area contributed by atoms with E-state index in [4.69, 9.17) is 0 Å². The first-order valence-electron chi connectivity index (χ1n) is 5.43. The lowest BCUT2D eigenvalue weighted by molar-refractivity contribution is 0.524. The van der Waals surface area contributed by atoms with E-state index in [0.29, 0.717) is 13.3 Å². The number of amidine groups is 2. The van der Waals surface area contributed by atoms with Crippen molar-refractivity contribution >= 4 is 11.7 Å². The Hall–Kier alpha value is -1.46. The third kappa shape index (κ3) is 1.91. The lowest BCUT2D eigenvalue weighted by Crippen LogP contribution is -2.50. The van der Waals surface area contributed by atoms with Gasteiger partial charge in [0.1, 0.15) is 36.1 Å². The van der Waals surface area contributed by atoms with E-state index in [2.05, 4.69) is 30.8 Å². The zero-order chi connectivity index (χ0) is 11.8. The lowest BCUT2D eigenvalue weighted by Gasteiger charge is -2.31. The Balaban J connectivity index is 2.08. The molecule has 0 amide bonds. The first-order valence-corrected chi connectivity index (χ1v) is 5.43. The second-order valence-corrected chi connectivity index (χ2v) is 5.00. The van der Waals surface area contributed by atoms with E-state index >= 15 is 0 Å². The van der Waals surface area contributed by atoms with E-state index in [9.17, 15) is 0 Å². The van der Waals surface area contributed by atoms with Crippen LogP contribution in [0.25, 0.3) is 0 Å². The molecule has 2 heterocycles. The van der Waals surface area contributed by atoms with Gasteiger partial charge in [-0.3, -0.25) is 0 Å². The fraction of sp³-hybridized carbons (Fsp3) is 0.800. The molecule has 6 nitrogen and oxygen atoms in total. The molecule has 2 rings (SSSR count). The molecule has 0 fully saturated rings. The Labute approximate surface area is 95.3 Å². The third-order valence-corrected chi connectivity index (χ3v) is 2.68. The molecule has 0 aromatic rings. The van der Waals surface area contributed by atoms with E-state index in [1.165, 1.54) is 0 Å². The van der Waals surface area contributed by atoms with Gasteiger partial charge in [-0.1, -0.05) is 0 Å². The van der Waals surface area contributed by atoms with Gasteiger partial charge in [-0.05, 0) is 27.7 Å². The molecule has 0 aromatic heterocycles. The zero-order valence-electron chi connectivity index (χ0n) is 10.2. The van der Waals surface area contributed by atoms with Gasteiger partial charge in [-0.25, -0.2) is 9.98 Å². The maximum atomic E-state index is 4.36. The van der Waals surface area contributed by atoms with Gasteiger partial charge in [-0.2, -0.15) is 10.2 Å². The van der Waals surface area contributed by atoms with Gasteiger partial charge in [0.15, 0.2) is 0 Å². The van der Waals surface area contributed by atoms with Gasteiger partial charge in [0.05, 0.1) is 0 Å². The normalized spacial score (nSPS) is 20.2. The minimum absolute atomic E-state index is 0.375. The third-order valence-electron chi connectivity index (χ3n) is 2.68. The summed E-state index contributed by atoms with van der Waals surface area (Å²) in [5.74, 6) is 1.80. The summed E-state index contributed by atoms with van der Waals surface area (Å²) in [5, 5.41) is 15.0. The Morgan fingerprint density at radius 3 is 1.38 bits per heavy atom. The molecular formula is C10H18N6. The van der Waals surface area contributed by atoms with E-state index < -0.39 is 0 Å². The molecule has 0 saturated heterocycles. The van der Waals surface area contributed by atoms with E-state index in [0.717, 1.165) is 11.7 Å². The first kappa shape index (κ1) is 11.0. The fourth-order valence-electron chi connectivity index (χ4n) is 1.48. The number of azo groups is 1. The minimum atomic E-state index is -0.375. The monoisotopic (exact) mass is 222 g/mol. The summed E-state index contributed by atoms with van der Waals surface area (Å²) in [6, 6.07) is 0. The van der Waals surface area contributed by atoms with Crippen LogP contribution < -0.4 is 10.6 Å². The molecule has 6 heteroatoms. The smallest absolute Gasteiger partial charge is 0.133 e. The van der Waals surface area contributed by atoms with E-state index in [1.54, 1.807) is 0 Å². The second kappa shape index (κ2) is 3.54. The number of nitrogens with zero attached hydrogens (tertiary/aromatic N) is 4. The van der Waals surface area contributed by atoms with Crippen LogP contribution in [-0.2, 0) is 0 Å². The largest absolute Gasteiger partial charge is 0.353 e. The molecule has 0 aromatic carbocycles. The summed E-state index contributed by atoms with van der Waals surface area (Å²) >= 11 is 0. The molecule has 16 heavy (non-hydrogen) atoms. The van der Waals surface area contributed by atoms with Gasteiger partial charge >= 0.3 is 0 Å². The maximum absolute atomic E-state index is 4.36. The van der Waals surface area contributed by atoms with Crippen molar-refractivity contribution < 1.29 is 0 Å².